The molecule has 83 heavy (non-hydrogen) atoms. The van der Waals surface area contributed by atoms with Gasteiger partial charge in [-0.15, -0.1) is 0 Å². The molecule has 0 unspecified atom stereocenters. The quantitative estimate of drug-likeness (QED) is 0.0278. The largest absolute Gasteiger partial charge is 0.508 e. The molecule has 30 nitrogen and oxygen atoms in total. The SMILES string of the molecule is C[C@@H](O)[C@H](NC(=O)[C@H](CO)NC(=O)[C@H](CCC(N)=O)NC(=O)[C@@H](N)CCC(N)=O)C(=O)N[C@@H](Cc1ccc(O)cc1)C(=O)N[C@@H](Cc1ccc(O)cc1)C(=O)N[C@@H](CC(=O)O)C(=O)N1CCC[C@H]1C(=O)N[C@@H](Cc1ccc(O)cc1)C(=O)O. The van der Waals surface area contributed by atoms with Crippen LogP contribution < -0.4 is 54.4 Å². The summed E-state index contributed by atoms with van der Waals surface area (Å²) >= 11 is 0. The van der Waals surface area contributed by atoms with Crippen molar-refractivity contribution in [2.24, 2.45) is 17.2 Å². The van der Waals surface area contributed by atoms with Gasteiger partial charge in [-0.1, -0.05) is 36.4 Å². The fourth-order valence-electron chi connectivity index (χ4n) is 8.56. The lowest BCUT2D eigenvalue weighted by molar-refractivity contribution is -0.147. The summed E-state index contributed by atoms with van der Waals surface area (Å²) in [4.78, 5) is 159. The standard InChI is InChI=1S/C53H69N11O19/c1-26(66)44(63-49(78)39(25-65)62-46(75)34(17-19-42(56)71)57-45(74)33(54)16-18-41(55)70)51(80)59-36(22-28-6-12-31(68)13-7-28)47(76)58-35(21-27-4-10-30(67)11-5-27)48(77)60-37(24-43(72)73)52(81)64-20-2-3-40(64)50(79)61-38(53(82)83)23-29-8-14-32(69)15-9-29/h4-15,26,33-40,44,65-69H,2-3,16-25,54H2,1H3,(H2,55,70)(H2,56,71)(H,57,74)(H,58,76)(H,59,80)(H,60,77)(H,61,79)(H,62,75)(H,63,78)(H,72,73)(H,82,83)/t26-,33+,34+,35+,36+,37+,38+,39+,40+,44+/m1/s1. The molecule has 0 spiro atoms. The van der Waals surface area contributed by atoms with Gasteiger partial charge in [0.15, 0.2) is 0 Å². The van der Waals surface area contributed by atoms with Crippen molar-refractivity contribution in [3.63, 3.8) is 0 Å². The second-order valence-corrected chi connectivity index (χ2v) is 19.6. The maximum atomic E-state index is 14.6. The molecule has 30 heteroatoms. The number of benzene rings is 3. The molecule has 10 amide bonds. The van der Waals surface area contributed by atoms with Crippen molar-refractivity contribution in [2.75, 3.05) is 13.2 Å². The lowest BCUT2D eigenvalue weighted by atomic mass is 10.0. The van der Waals surface area contributed by atoms with E-state index in [0.717, 1.165) is 11.8 Å². The fraction of sp³-hybridized carbons (Fsp3) is 0.434. The third-order valence-corrected chi connectivity index (χ3v) is 13.1. The summed E-state index contributed by atoms with van der Waals surface area (Å²) in [7, 11) is 0. The third kappa shape index (κ3) is 21.2. The monoisotopic (exact) mass is 1160 g/mol. The van der Waals surface area contributed by atoms with E-state index in [4.69, 9.17) is 17.2 Å². The number of carbonyl (C=O) groups excluding carboxylic acids is 10. The topological polar surface area (TPSA) is 512 Å². The van der Waals surface area contributed by atoms with Crippen molar-refractivity contribution < 1.29 is 93.3 Å². The summed E-state index contributed by atoms with van der Waals surface area (Å²) in [6.45, 7) is -0.219. The number of carboxylic acids is 2. The van der Waals surface area contributed by atoms with E-state index in [-0.39, 0.29) is 67.0 Å². The van der Waals surface area contributed by atoms with Gasteiger partial charge in [-0.05, 0) is 85.7 Å². The molecule has 10 atom stereocenters. The molecule has 4 rings (SSSR count). The van der Waals surface area contributed by atoms with Crippen LogP contribution in [0.15, 0.2) is 72.8 Å². The van der Waals surface area contributed by atoms with Crippen molar-refractivity contribution >= 4 is 71.0 Å². The van der Waals surface area contributed by atoms with E-state index in [1.807, 2.05) is 0 Å². The Balaban J connectivity index is 1.60. The Morgan fingerprint density at radius 1 is 0.542 bits per heavy atom. The van der Waals surface area contributed by atoms with Crippen LogP contribution in [0, 0.1) is 0 Å². The number of phenols is 3. The number of amides is 10. The molecule has 1 fully saturated rings. The number of hydrogen-bond acceptors (Lipinski definition) is 18. The second kappa shape index (κ2) is 31.5. The minimum absolute atomic E-state index is 0.0162. The van der Waals surface area contributed by atoms with Crippen LogP contribution in [0.2, 0.25) is 0 Å². The number of hydrogen-bond donors (Lipinski definition) is 17. The molecule has 0 aliphatic carbocycles. The van der Waals surface area contributed by atoms with Crippen molar-refractivity contribution in [3.8, 4) is 17.2 Å². The van der Waals surface area contributed by atoms with Gasteiger partial charge in [0.2, 0.25) is 59.1 Å². The molecule has 1 heterocycles. The number of carbonyl (C=O) groups is 12. The number of aromatic hydroxyl groups is 3. The van der Waals surface area contributed by atoms with E-state index in [2.05, 4.69) is 37.2 Å². The molecule has 3 aromatic rings. The van der Waals surface area contributed by atoms with Crippen LogP contribution in [0.3, 0.4) is 0 Å². The lowest BCUT2D eigenvalue weighted by Crippen LogP contribution is -2.62. The number of phenolic OH excluding ortho intramolecular Hbond substituents is 3. The molecule has 1 saturated heterocycles. The number of nitrogens with one attached hydrogen (secondary N) is 7. The molecule has 0 radical (unpaired) electrons. The van der Waals surface area contributed by atoms with Gasteiger partial charge < -0.3 is 95.1 Å². The summed E-state index contributed by atoms with van der Waals surface area (Å²) in [6.07, 6.45) is -5.11. The minimum atomic E-state index is -1.98. The first kappa shape index (κ1) is 66.1. The zero-order chi connectivity index (χ0) is 61.7. The van der Waals surface area contributed by atoms with Gasteiger partial charge in [0, 0.05) is 38.6 Å². The van der Waals surface area contributed by atoms with Gasteiger partial charge in [-0.25, -0.2) is 4.79 Å². The Morgan fingerprint density at radius 3 is 1.40 bits per heavy atom. The Bertz CT molecular complexity index is 2820. The predicted molar refractivity (Wildman–Crippen MR) is 287 cm³/mol. The number of carboxylic acid groups (broad SMARTS) is 2. The Hall–Kier alpha value is -9.42. The van der Waals surface area contributed by atoms with Crippen LogP contribution >= 0.6 is 0 Å². The van der Waals surface area contributed by atoms with Crippen molar-refractivity contribution in [3.05, 3.63) is 89.5 Å². The van der Waals surface area contributed by atoms with Crippen LogP contribution in [-0.4, -0.2) is 185 Å². The normalized spacial score (nSPS) is 16.1. The molecule has 3 aromatic carbocycles. The zero-order valence-corrected chi connectivity index (χ0v) is 44.9. The molecule has 0 saturated carbocycles. The molecule has 1 aliphatic heterocycles. The zero-order valence-electron chi connectivity index (χ0n) is 44.9. The molecule has 450 valence electrons. The van der Waals surface area contributed by atoms with Gasteiger partial charge in [0.05, 0.1) is 25.2 Å². The number of nitrogens with two attached hydrogens (primary N) is 3. The highest BCUT2D eigenvalue weighted by atomic mass is 16.4. The van der Waals surface area contributed by atoms with Gasteiger partial charge in [0.1, 0.15) is 65.6 Å². The lowest BCUT2D eigenvalue weighted by Gasteiger charge is -2.30. The Labute approximate surface area is 473 Å². The van der Waals surface area contributed by atoms with Gasteiger partial charge in [-0.3, -0.25) is 52.7 Å². The van der Waals surface area contributed by atoms with Crippen molar-refractivity contribution in [2.45, 2.75) is 132 Å². The number of aliphatic carboxylic acids is 2. The second-order valence-electron chi connectivity index (χ2n) is 19.6. The molecule has 0 aromatic heterocycles. The van der Waals surface area contributed by atoms with E-state index in [1.165, 1.54) is 72.8 Å². The Morgan fingerprint density at radius 2 is 0.952 bits per heavy atom. The summed E-state index contributed by atoms with van der Waals surface area (Å²) in [5, 5.41) is 86.8. The van der Waals surface area contributed by atoms with Crippen LogP contribution in [0.5, 0.6) is 17.2 Å². The summed E-state index contributed by atoms with van der Waals surface area (Å²) in [5.41, 5.74) is 17.2. The number of nitrogens with zero attached hydrogens (tertiary/aromatic N) is 1. The van der Waals surface area contributed by atoms with Gasteiger partial charge in [0.25, 0.3) is 0 Å². The number of rotatable bonds is 32. The van der Waals surface area contributed by atoms with Crippen LogP contribution in [0.25, 0.3) is 0 Å². The van der Waals surface area contributed by atoms with E-state index in [0.29, 0.717) is 5.56 Å². The van der Waals surface area contributed by atoms with Crippen LogP contribution in [0.1, 0.15) is 68.6 Å². The van der Waals surface area contributed by atoms with Crippen molar-refractivity contribution in [1.82, 2.24) is 42.1 Å². The maximum Gasteiger partial charge on any atom is 0.326 e. The fourth-order valence-corrected chi connectivity index (χ4v) is 8.56. The summed E-state index contributed by atoms with van der Waals surface area (Å²) in [5.74, 6) is -14.1. The first-order valence-electron chi connectivity index (χ1n) is 26.0. The maximum absolute atomic E-state index is 14.6. The third-order valence-electron chi connectivity index (χ3n) is 13.1. The number of primary amides is 2. The molecule has 1 aliphatic rings. The van der Waals surface area contributed by atoms with Crippen molar-refractivity contribution in [1.29, 1.82) is 0 Å². The van der Waals surface area contributed by atoms with Crippen LogP contribution in [-0.2, 0) is 76.8 Å². The van der Waals surface area contributed by atoms with E-state index in [1.54, 1.807) is 0 Å². The first-order chi connectivity index (χ1) is 39.1. The van der Waals surface area contributed by atoms with Crippen LogP contribution in [0.4, 0.5) is 0 Å². The van der Waals surface area contributed by atoms with Gasteiger partial charge in [-0.2, -0.15) is 0 Å². The van der Waals surface area contributed by atoms with E-state index >= 15 is 0 Å². The minimum Gasteiger partial charge on any atom is -0.508 e. The summed E-state index contributed by atoms with van der Waals surface area (Å²) in [6, 6.07) is 0.916. The Kier molecular flexibility index (Phi) is 25.1. The molecule has 0 bridgehead atoms. The average Bonchev–Trinajstić information content (AvgIpc) is 4.20. The highest BCUT2D eigenvalue weighted by molar-refractivity contribution is 5.99. The highest BCUT2D eigenvalue weighted by Gasteiger charge is 2.41. The predicted octanol–water partition coefficient (Wildman–Crippen LogP) is -4.99. The number of aliphatic hydroxyl groups excluding tert-OH is 2. The molecular formula is C53H69N11O19. The highest BCUT2D eigenvalue weighted by Crippen LogP contribution is 2.21. The van der Waals surface area contributed by atoms with Gasteiger partial charge >= 0.3 is 11.9 Å². The molecule has 20 N–H and O–H groups in total. The van der Waals surface area contributed by atoms with E-state index in [9.17, 15) is 93.3 Å². The summed E-state index contributed by atoms with van der Waals surface area (Å²) < 4.78 is 0. The first-order valence-corrected chi connectivity index (χ1v) is 26.0. The smallest absolute Gasteiger partial charge is 0.326 e. The number of aliphatic hydroxyl groups is 2. The van der Waals surface area contributed by atoms with E-state index < -0.39 is 170 Å². The number of likely N-dealkylation sites (tertiary alicyclic amines) is 1. The average molecular weight is 1160 g/mol. The molecular weight excluding hydrogens is 1090 g/mol.